The van der Waals surface area contributed by atoms with Crippen molar-refractivity contribution in [2.24, 2.45) is 5.92 Å². The minimum absolute atomic E-state index is 0.0358. The predicted molar refractivity (Wildman–Crippen MR) is 175 cm³/mol. The molecule has 2 N–H and O–H groups in total. The van der Waals surface area contributed by atoms with Crippen LogP contribution in [0.5, 0.6) is 0 Å². The molecule has 2 fully saturated rings. The molecule has 44 heavy (non-hydrogen) atoms. The molecule has 0 saturated heterocycles. The standard InChI is InChI=1S/C16H15N3O2S.C15H13BrN4OS/c20-7-12-6-17-19-13(3-10-1-2-10)5-15(18-16(12)19)11-4-14(8-21)22-9-11;16-5-12-3-9(8-22-12)13-4-14(18-11-1-2-11)20-15(19-13)10(7-21)6-17-20/h4-7,9-10,21H,1-3,8H2;3-4,6-8,11,18H,1-2,5H2. The van der Waals surface area contributed by atoms with Crippen LogP contribution in [0.2, 0.25) is 0 Å². The van der Waals surface area contributed by atoms with Crippen LogP contribution in [0.4, 0.5) is 5.82 Å². The summed E-state index contributed by atoms with van der Waals surface area (Å²) in [5.74, 6) is 1.61. The molecule has 0 unspecified atom stereocenters. The number of nitrogens with one attached hydrogen (secondary N) is 1. The highest BCUT2D eigenvalue weighted by atomic mass is 79.9. The summed E-state index contributed by atoms with van der Waals surface area (Å²) in [6.45, 7) is 0.0358. The number of alkyl halides is 1. The van der Waals surface area contributed by atoms with Crippen LogP contribution in [0.3, 0.4) is 0 Å². The lowest BCUT2D eigenvalue weighted by Crippen LogP contribution is -2.08. The Morgan fingerprint density at radius 3 is 2.05 bits per heavy atom. The van der Waals surface area contributed by atoms with Crippen molar-refractivity contribution in [1.82, 2.24) is 29.2 Å². The number of anilines is 1. The summed E-state index contributed by atoms with van der Waals surface area (Å²) < 4.78 is 3.49. The van der Waals surface area contributed by atoms with Crippen LogP contribution in [0.1, 0.15) is 61.8 Å². The third-order valence-corrected chi connectivity index (χ3v) is 10.5. The van der Waals surface area contributed by atoms with Gasteiger partial charge in [0.1, 0.15) is 5.82 Å². The van der Waals surface area contributed by atoms with Gasteiger partial charge in [0, 0.05) is 54.8 Å². The van der Waals surface area contributed by atoms with E-state index in [0.29, 0.717) is 28.5 Å². The molecule has 10 nitrogen and oxygen atoms in total. The zero-order valence-corrected chi connectivity index (χ0v) is 26.7. The first-order valence-corrected chi connectivity index (χ1v) is 17.2. The third-order valence-electron chi connectivity index (χ3n) is 7.64. The van der Waals surface area contributed by atoms with E-state index in [1.807, 2.05) is 17.5 Å². The number of aliphatic hydroxyl groups excluding tert-OH is 1. The Morgan fingerprint density at radius 2 is 1.48 bits per heavy atom. The molecule has 0 aliphatic heterocycles. The second kappa shape index (κ2) is 12.3. The lowest BCUT2D eigenvalue weighted by atomic mass is 10.1. The lowest BCUT2D eigenvalue weighted by Gasteiger charge is -2.09. The van der Waals surface area contributed by atoms with E-state index < -0.39 is 0 Å². The van der Waals surface area contributed by atoms with Gasteiger partial charge in [-0.1, -0.05) is 15.9 Å². The number of carbonyl (C=O) groups is 2. The largest absolute Gasteiger partial charge is 0.391 e. The van der Waals surface area contributed by atoms with Crippen LogP contribution in [-0.2, 0) is 18.4 Å². The van der Waals surface area contributed by atoms with Gasteiger partial charge in [-0.25, -0.2) is 14.5 Å². The summed E-state index contributed by atoms with van der Waals surface area (Å²) in [5, 5.41) is 26.2. The quantitative estimate of drug-likeness (QED) is 0.124. The summed E-state index contributed by atoms with van der Waals surface area (Å²) in [6.07, 6.45) is 10.6. The second-order valence-corrected chi connectivity index (χ2v) is 13.6. The average Bonchev–Trinajstić information content (AvgIpc) is 3.76. The molecular formula is C31H28BrN7O3S2. The molecule has 0 spiro atoms. The highest BCUT2D eigenvalue weighted by molar-refractivity contribution is 9.08. The van der Waals surface area contributed by atoms with Crippen LogP contribution in [-0.4, -0.2) is 52.9 Å². The van der Waals surface area contributed by atoms with E-state index in [1.165, 1.54) is 41.9 Å². The Morgan fingerprint density at radius 1 is 0.864 bits per heavy atom. The zero-order chi connectivity index (χ0) is 30.2. The van der Waals surface area contributed by atoms with E-state index in [4.69, 9.17) is 0 Å². The van der Waals surface area contributed by atoms with Crippen LogP contribution < -0.4 is 5.32 Å². The van der Waals surface area contributed by atoms with Crippen molar-refractivity contribution in [3.8, 4) is 22.5 Å². The smallest absolute Gasteiger partial charge is 0.168 e. The third kappa shape index (κ3) is 5.96. The first kappa shape index (κ1) is 29.0. The fourth-order valence-electron chi connectivity index (χ4n) is 4.97. The number of aliphatic hydroxyl groups is 1. The van der Waals surface area contributed by atoms with Crippen LogP contribution in [0.25, 0.3) is 33.8 Å². The van der Waals surface area contributed by atoms with E-state index in [2.05, 4.69) is 58.9 Å². The maximum absolute atomic E-state index is 11.2. The SMILES string of the molecule is O=Cc1cnn2c(CC3CC3)cc(-c3csc(CO)c3)nc12.O=Cc1cnn2c(NC3CC3)cc(-c3csc(CBr)c3)nc12. The highest BCUT2D eigenvalue weighted by Crippen LogP contribution is 2.34. The number of fused-ring (bicyclic) bond motifs is 2. The van der Waals surface area contributed by atoms with Crippen LogP contribution in [0, 0.1) is 5.92 Å². The Bertz CT molecular complexity index is 1840. The number of aldehydes is 2. The molecular weight excluding hydrogens is 662 g/mol. The maximum Gasteiger partial charge on any atom is 0.168 e. The number of hydrogen-bond donors (Lipinski definition) is 2. The second-order valence-electron chi connectivity index (χ2n) is 11.0. The molecule has 8 rings (SSSR count). The molecule has 6 aromatic heterocycles. The number of hydrogen-bond acceptors (Lipinski definition) is 10. The van der Waals surface area contributed by atoms with E-state index in [0.717, 1.165) is 69.1 Å². The number of thiophene rings is 2. The molecule has 2 aliphatic carbocycles. The van der Waals surface area contributed by atoms with Crippen LogP contribution in [0.15, 0.2) is 47.4 Å². The summed E-state index contributed by atoms with van der Waals surface area (Å²) in [6, 6.07) is 8.63. The topological polar surface area (TPSA) is 127 Å². The minimum Gasteiger partial charge on any atom is -0.391 e. The fraction of sp³-hybridized carbons (Fsp3) is 0.290. The normalized spacial score (nSPS) is 14.5. The van der Waals surface area contributed by atoms with Gasteiger partial charge in [-0.15, -0.1) is 22.7 Å². The number of nitrogens with zero attached hydrogens (tertiary/aromatic N) is 6. The van der Waals surface area contributed by atoms with Crippen molar-refractivity contribution in [3.63, 3.8) is 0 Å². The van der Waals surface area contributed by atoms with Crippen molar-refractivity contribution in [2.75, 3.05) is 5.32 Å². The van der Waals surface area contributed by atoms with Gasteiger partial charge in [-0.05, 0) is 56.2 Å². The molecule has 0 bridgehead atoms. The molecule has 0 radical (unpaired) electrons. The molecule has 0 amide bonds. The molecule has 224 valence electrons. The number of halogens is 1. The van der Waals surface area contributed by atoms with Crippen LogP contribution >= 0.6 is 38.6 Å². The monoisotopic (exact) mass is 689 g/mol. The van der Waals surface area contributed by atoms with Gasteiger partial charge in [0.2, 0.25) is 0 Å². The summed E-state index contributed by atoms with van der Waals surface area (Å²) in [4.78, 5) is 33.8. The van der Waals surface area contributed by atoms with Gasteiger partial charge in [0.15, 0.2) is 23.9 Å². The van der Waals surface area contributed by atoms with Gasteiger partial charge >= 0.3 is 0 Å². The molecule has 6 aromatic rings. The molecule has 0 aromatic carbocycles. The fourth-order valence-corrected chi connectivity index (χ4v) is 6.99. The molecule has 2 saturated carbocycles. The van der Waals surface area contributed by atoms with E-state index >= 15 is 0 Å². The Kier molecular flexibility index (Phi) is 8.10. The molecule has 13 heteroatoms. The highest BCUT2D eigenvalue weighted by Gasteiger charge is 2.25. The molecule has 2 aliphatic rings. The Labute approximate surface area is 268 Å². The first-order valence-electron chi connectivity index (χ1n) is 14.3. The van der Waals surface area contributed by atoms with E-state index in [1.54, 1.807) is 32.8 Å². The van der Waals surface area contributed by atoms with Crippen molar-refractivity contribution in [1.29, 1.82) is 0 Å². The lowest BCUT2D eigenvalue weighted by molar-refractivity contribution is 0.111. The number of carbonyl (C=O) groups excluding carboxylic acids is 2. The van der Waals surface area contributed by atoms with Gasteiger partial charge in [-0.3, -0.25) is 9.59 Å². The number of aromatic nitrogens is 6. The Balaban J connectivity index is 0.000000142. The zero-order valence-electron chi connectivity index (χ0n) is 23.5. The van der Waals surface area contributed by atoms with Gasteiger partial charge in [0.25, 0.3) is 0 Å². The van der Waals surface area contributed by atoms with Gasteiger partial charge in [0.05, 0.1) is 41.5 Å². The molecule has 0 atom stereocenters. The summed E-state index contributed by atoms with van der Waals surface area (Å²) in [5.41, 5.74) is 7.07. The van der Waals surface area contributed by atoms with Crippen molar-refractivity contribution in [2.45, 2.75) is 50.1 Å². The number of rotatable bonds is 10. The van der Waals surface area contributed by atoms with E-state index in [9.17, 15) is 14.7 Å². The molecule has 6 heterocycles. The Hall–Kier alpha value is -3.78. The maximum atomic E-state index is 11.2. The first-order chi connectivity index (χ1) is 21.6. The summed E-state index contributed by atoms with van der Waals surface area (Å²) in [7, 11) is 0. The summed E-state index contributed by atoms with van der Waals surface area (Å²) >= 11 is 6.68. The van der Waals surface area contributed by atoms with Crippen molar-refractivity contribution >= 4 is 68.3 Å². The van der Waals surface area contributed by atoms with Gasteiger partial charge < -0.3 is 10.4 Å². The average molecular weight is 691 g/mol. The minimum atomic E-state index is 0.0358. The van der Waals surface area contributed by atoms with E-state index in [-0.39, 0.29) is 6.61 Å². The van der Waals surface area contributed by atoms with Gasteiger partial charge in [-0.2, -0.15) is 14.7 Å². The predicted octanol–water partition coefficient (Wildman–Crippen LogP) is 6.45. The van der Waals surface area contributed by atoms with Crippen molar-refractivity contribution < 1.29 is 14.7 Å². The van der Waals surface area contributed by atoms with Crippen molar-refractivity contribution in [3.05, 3.63) is 74.0 Å².